The zero-order valence-corrected chi connectivity index (χ0v) is 11.0. The molecule has 0 saturated carbocycles. The van der Waals surface area contributed by atoms with Crippen molar-refractivity contribution in [3.8, 4) is 0 Å². The standard InChI is InChI=1S/C12H24N2O4/c1-8(2)13-9-3-5-14(6-4-9)7-10(15)11(16)12(17)18/h8-11,13,15-16H,3-7H2,1-2H3,(H,17,18). The Morgan fingerprint density at radius 1 is 1.33 bits per heavy atom. The molecule has 0 aliphatic carbocycles. The molecule has 18 heavy (non-hydrogen) atoms. The summed E-state index contributed by atoms with van der Waals surface area (Å²) in [6.45, 7) is 6.06. The summed E-state index contributed by atoms with van der Waals surface area (Å²) in [5, 5.41) is 30.8. The zero-order chi connectivity index (χ0) is 13.7. The molecule has 0 aromatic rings. The van der Waals surface area contributed by atoms with Gasteiger partial charge in [-0.1, -0.05) is 13.8 Å². The number of nitrogens with one attached hydrogen (secondary N) is 1. The van der Waals surface area contributed by atoms with Gasteiger partial charge in [0.1, 0.15) is 6.10 Å². The Bertz CT molecular complexity index is 265. The highest BCUT2D eigenvalue weighted by atomic mass is 16.4. The number of aliphatic hydroxyl groups is 2. The zero-order valence-electron chi connectivity index (χ0n) is 11.0. The molecule has 4 N–H and O–H groups in total. The molecule has 106 valence electrons. The van der Waals surface area contributed by atoms with Crippen molar-refractivity contribution < 1.29 is 20.1 Å². The maximum atomic E-state index is 10.5. The molecule has 1 rings (SSSR count). The first-order chi connectivity index (χ1) is 8.40. The van der Waals surface area contributed by atoms with Gasteiger partial charge in [0, 0.05) is 18.6 Å². The lowest BCUT2D eigenvalue weighted by atomic mass is 10.0. The molecule has 0 radical (unpaired) electrons. The number of aliphatic carboxylic acids is 1. The third-order valence-electron chi connectivity index (χ3n) is 3.22. The van der Waals surface area contributed by atoms with Gasteiger partial charge in [-0.25, -0.2) is 4.79 Å². The molecule has 0 aromatic carbocycles. The molecule has 0 amide bonds. The Hall–Kier alpha value is -0.690. The van der Waals surface area contributed by atoms with Gasteiger partial charge in [0.25, 0.3) is 0 Å². The van der Waals surface area contributed by atoms with Gasteiger partial charge >= 0.3 is 5.97 Å². The van der Waals surface area contributed by atoms with Crippen LogP contribution in [0.4, 0.5) is 0 Å². The van der Waals surface area contributed by atoms with Gasteiger partial charge in [-0.05, 0) is 25.9 Å². The normalized spacial score (nSPS) is 22.1. The smallest absolute Gasteiger partial charge is 0.335 e. The maximum absolute atomic E-state index is 10.5. The van der Waals surface area contributed by atoms with Crippen LogP contribution in [-0.2, 0) is 4.79 Å². The third kappa shape index (κ3) is 4.89. The number of carboxylic acid groups (broad SMARTS) is 1. The first kappa shape index (κ1) is 15.4. The molecule has 1 aliphatic heterocycles. The first-order valence-corrected chi connectivity index (χ1v) is 6.47. The van der Waals surface area contributed by atoms with E-state index in [4.69, 9.17) is 5.11 Å². The molecule has 1 heterocycles. The number of carboxylic acids is 1. The van der Waals surface area contributed by atoms with E-state index >= 15 is 0 Å². The minimum atomic E-state index is -1.70. The lowest BCUT2D eigenvalue weighted by Gasteiger charge is -2.34. The third-order valence-corrected chi connectivity index (χ3v) is 3.22. The van der Waals surface area contributed by atoms with Crippen molar-refractivity contribution in [3.63, 3.8) is 0 Å². The largest absolute Gasteiger partial charge is 0.479 e. The van der Waals surface area contributed by atoms with Crippen molar-refractivity contribution >= 4 is 5.97 Å². The molecular weight excluding hydrogens is 236 g/mol. The highest BCUT2D eigenvalue weighted by molar-refractivity contribution is 5.72. The van der Waals surface area contributed by atoms with E-state index in [0.29, 0.717) is 12.1 Å². The van der Waals surface area contributed by atoms with E-state index in [9.17, 15) is 15.0 Å². The van der Waals surface area contributed by atoms with Crippen LogP contribution in [0.5, 0.6) is 0 Å². The average molecular weight is 260 g/mol. The SMILES string of the molecule is CC(C)NC1CCN(CC(O)C(O)C(=O)O)CC1. The summed E-state index contributed by atoms with van der Waals surface area (Å²) in [6.07, 6.45) is -0.962. The molecule has 1 fully saturated rings. The fourth-order valence-electron chi connectivity index (χ4n) is 2.28. The van der Waals surface area contributed by atoms with Crippen LogP contribution in [0.2, 0.25) is 0 Å². The highest BCUT2D eigenvalue weighted by Crippen LogP contribution is 2.12. The van der Waals surface area contributed by atoms with Crippen molar-refractivity contribution in [1.29, 1.82) is 0 Å². The lowest BCUT2D eigenvalue weighted by molar-refractivity contribution is -0.153. The van der Waals surface area contributed by atoms with Gasteiger partial charge in [-0.2, -0.15) is 0 Å². The Morgan fingerprint density at radius 2 is 1.89 bits per heavy atom. The number of β-amino-alcohol motifs (C(OH)–C–C–N with tert-alkyl or cyclic N) is 1. The minimum Gasteiger partial charge on any atom is -0.479 e. The van der Waals surface area contributed by atoms with Gasteiger partial charge in [-0.3, -0.25) is 0 Å². The summed E-state index contributed by atoms with van der Waals surface area (Å²) in [4.78, 5) is 12.5. The van der Waals surface area contributed by atoms with Crippen molar-refractivity contribution in [2.45, 2.75) is 51.0 Å². The predicted octanol–water partition coefficient (Wildman–Crippen LogP) is -0.745. The fraction of sp³-hybridized carbons (Fsp3) is 0.917. The Kier molecular flexibility index (Phi) is 6.01. The van der Waals surface area contributed by atoms with E-state index in [1.54, 1.807) is 0 Å². The van der Waals surface area contributed by atoms with E-state index in [-0.39, 0.29) is 6.54 Å². The topological polar surface area (TPSA) is 93.0 Å². The summed E-state index contributed by atoms with van der Waals surface area (Å²) >= 11 is 0. The molecule has 0 bridgehead atoms. The van der Waals surface area contributed by atoms with Crippen LogP contribution in [0.15, 0.2) is 0 Å². The van der Waals surface area contributed by atoms with E-state index in [1.165, 1.54) is 0 Å². The number of piperidine rings is 1. The summed E-state index contributed by atoms with van der Waals surface area (Å²) in [6, 6.07) is 0.948. The number of nitrogens with zero attached hydrogens (tertiary/aromatic N) is 1. The van der Waals surface area contributed by atoms with Crippen LogP contribution in [-0.4, -0.2) is 70.1 Å². The van der Waals surface area contributed by atoms with Crippen LogP contribution in [0.25, 0.3) is 0 Å². The Balaban J connectivity index is 2.29. The van der Waals surface area contributed by atoms with Crippen LogP contribution in [0, 0.1) is 0 Å². The second-order valence-electron chi connectivity index (χ2n) is 5.25. The number of hydrogen-bond acceptors (Lipinski definition) is 5. The maximum Gasteiger partial charge on any atom is 0.335 e. The molecule has 2 unspecified atom stereocenters. The minimum absolute atomic E-state index is 0.210. The molecule has 0 aromatic heterocycles. The molecule has 1 aliphatic rings. The van der Waals surface area contributed by atoms with Crippen LogP contribution in [0.1, 0.15) is 26.7 Å². The van der Waals surface area contributed by atoms with E-state index < -0.39 is 18.2 Å². The quantitative estimate of drug-likeness (QED) is 0.502. The Morgan fingerprint density at radius 3 is 2.33 bits per heavy atom. The van der Waals surface area contributed by atoms with Crippen molar-refractivity contribution in [2.24, 2.45) is 0 Å². The number of rotatable bonds is 6. The van der Waals surface area contributed by atoms with Crippen LogP contribution >= 0.6 is 0 Å². The van der Waals surface area contributed by atoms with E-state index in [0.717, 1.165) is 25.9 Å². The van der Waals surface area contributed by atoms with Gasteiger partial charge in [0.2, 0.25) is 0 Å². The number of likely N-dealkylation sites (tertiary alicyclic amines) is 1. The summed E-state index contributed by atoms with van der Waals surface area (Å²) in [5.74, 6) is -1.38. The average Bonchev–Trinajstić information content (AvgIpc) is 2.29. The van der Waals surface area contributed by atoms with E-state index in [2.05, 4.69) is 19.2 Å². The second kappa shape index (κ2) is 7.04. The van der Waals surface area contributed by atoms with Crippen LogP contribution in [0.3, 0.4) is 0 Å². The molecule has 0 spiro atoms. The number of carbonyl (C=O) groups is 1. The van der Waals surface area contributed by atoms with Crippen molar-refractivity contribution in [3.05, 3.63) is 0 Å². The summed E-state index contributed by atoms with van der Waals surface area (Å²) in [7, 11) is 0. The van der Waals surface area contributed by atoms with Gasteiger partial charge in [0.15, 0.2) is 6.10 Å². The molecule has 1 saturated heterocycles. The predicted molar refractivity (Wildman–Crippen MR) is 67.4 cm³/mol. The first-order valence-electron chi connectivity index (χ1n) is 6.47. The van der Waals surface area contributed by atoms with Crippen molar-refractivity contribution in [1.82, 2.24) is 10.2 Å². The van der Waals surface area contributed by atoms with Gasteiger partial charge < -0.3 is 25.5 Å². The van der Waals surface area contributed by atoms with Gasteiger partial charge in [-0.15, -0.1) is 0 Å². The highest BCUT2D eigenvalue weighted by Gasteiger charge is 2.27. The summed E-state index contributed by atoms with van der Waals surface area (Å²) < 4.78 is 0. The molecule has 6 nitrogen and oxygen atoms in total. The monoisotopic (exact) mass is 260 g/mol. The molecule has 2 atom stereocenters. The van der Waals surface area contributed by atoms with Gasteiger partial charge in [0.05, 0.1) is 0 Å². The summed E-state index contributed by atoms with van der Waals surface area (Å²) in [5.41, 5.74) is 0. The number of hydrogen-bond donors (Lipinski definition) is 4. The number of aliphatic hydroxyl groups excluding tert-OH is 2. The Labute approximate surface area is 108 Å². The molecule has 6 heteroatoms. The van der Waals surface area contributed by atoms with Crippen molar-refractivity contribution in [2.75, 3.05) is 19.6 Å². The molecular formula is C12H24N2O4. The second-order valence-corrected chi connectivity index (χ2v) is 5.25. The fourth-order valence-corrected chi connectivity index (χ4v) is 2.28. The lowest BCUT2D eigenvalue weighted by Crippen LogP contribution is -2.49. The van der Waals surface area contributed by atoms with E-state index in [1.807, 2.05) is 4.90 Å². The van der Waals surface area contributed by atoms with Crippen LogP contribution < -0.4 is 5.32 Å².